The molecule has 3 aliphatic carbocycles. The van der Waals surface area contributed by atoms with E-state index >= 15 is 0 Å². The molecule has 0 atom stereocenters. The van der Waals surface area contributed by atoms with E-state index in [-0.39, 0.29) is 10.9 Å². The standard InChI is InChI=1S/C32H37F3N8S/c1-19-20(4-5-26-24(19)10-22(13-36)43(26)18-30-15-31(16-30,17-30)38-3)14-42-8-6-21(7-9-42)39-27-25-11-23(12-32(33,34)35)44-28(25)41-29(37-2)40-27/h4-5,10-11,21,38H,6-9,12,14-18H2,1-3H3,(H2,37,39,40,41). The minimum absolute atomic E-state index is 0.162. The third kappa shape index (κ3) is 5.18. The van der Waals surface area contributed by atoms with Crippen molar-refractivity contribution in [3.63, 3.8) is 0 Å². The van der Waals surface area contributed by atoms with Crippen LogP contribution in [0.3, 0.4) is 0 Å². The lowest BCUT2D eigenvalue weighted by molar-refractivity contribution is -0.159. The van der Waals surface area contributed by atoms with Crippen molar-refractivity contribution in [1.29, 1.82) is 5.26 Å². The molecule has 232 valence electrons. The van der Waals surface area contributed by atoms with Gasteiger partial charge in [0, 0.05) is 60.6 Å². The minimum Gasteiger partial charge on any atom is -0.367 e. The highest BCUT2D eigenvalue weighted by Crippen LogP contribution is 2.68. The number of nitriles is 1. The van der Waals surface area contributed by atoms with Crippen molar-refractivity contribution in [1.82, 2.24) is 24.8 Å². The van der Waals surface area contributed by atoms with Gasteiger partial charge in [0.1, 0.15) is 22.4 Å². The number of piperidine rings is 1. The van der Waals surface area contributed by atoms with Gasteiger partial charge in [-0.3, -0.25) is 4.90 Å². The predicted molar refractivity (Wildman–Crippen MR) is 168 cm³/mol. The summed E-state index contributed by atoms with van der Waals surface area (Å²) in [6.45, 7) is 5.70. The van der Waals surface area contributed by atoms with Crippen molar-refractivity contribution >= 4 is 44.2 Å². The van der Waals surface area contributed by atoms with Gasteiger partial charge < -0.3 is 20.5 Å². The van der Waals surface area contributed by atoms with Gasteiger partial charge in [0.05, 0.1) is 11.8 Å². The molecule has 0 spiro atoms. The summed E-state index contributed by atoms with van der Waals surface area (Å²) in [5.74, 6) is 0.977. The van der Waals surface area contributed by atoms with Gasteiger partial charge in [-0.05, 0) is 80.8 Å². The topological polar surface area (TPSA) is 93.8 Å². The predicted octanol–water partition coefficient (Wildman–Crippen LogP) is 6.19. The molecule has 8 nitrogen and oxygen atoms in total. The number of benzene rings is 1. The van der Waals surface area contributed by atoms with Gasteiger partial charge in [0.25, 0.3) is 0 Å². The van der Waals surface area contributed by atoms with Gasteiger partial charge in [-0.2, -0.15) is 23.4 Å². The molecule has 4 fully saturated rings. The molecule has 3 saturated carbocycles. The normalized spacial score (nSPS) is 23.8. The lowest BCUT2D eigenvalue weighted by Gasteiger charge is -2.71. The number of alkyl halides is 3. The van der Waals surface area contributed by atoms with Crippen LogP contribution in [0.5, 0.6) is 0 Å². The Morgan fingerprint density at radius 1 is 1.09 bits per heavy atom. The Bertz CT molecular complexity index is 1760. The van der Waals surface area contributed by atoms with E-state index in [1.807, 2.05) is 0 Å². The smallest absolute Gasteiger partial charge is 0.367 e. The van der Waals surface area contributed by atoms with E-state index < -0.39 is 12.6 Å². The fraction of sp³-hybridized carbons (Fsp3) is 0.531. The molecule has 1 aromatic carbocycles. The molecule has 1 saturated heterocycles. The fourth-order valence-corrected chi connectivity index (χ4v) is 8.93. The molecule has 2 bridgehead atoms. The number of nitrogens with one attached hydrogen (secondary N) is 3. The van der Waals surface area contributed by atoms with Crippen molar-refractivity contribution in [3.8, 4) is 6.07 Å². The largest absolute Gasteiger partial charge is 0.393 e. The van der Waals surface area contributed by atoms with Crippen LogP contribution in [0.25, 0.3) is 21.1 Å². The summed E-state index contributed by atoms with van der Waals surface area (Å²) < 4.78 is 41.4. The number of aryl methyl sites for hydroxylation is 1. The summed E-state index contributed by atoms with van der Waals surface area (Å²) in [6.07, 6.45) is 0.124. The van der Waals surface area contributed by atoms with Gasteiger partial charge in [-0.25, -0.2) is 4.98 Å². The summed E-state index contributed by atoms with van der Waals surface area (Å²) >= 11 is 1.07. The number of anilines is 2. The van der Waals surface area contributed by atoms with E-state index in [0.29, 0.717) is 32.9 Å². The highest BCUT2D eigenvalue weighted by atomic mass is 32.1. The summed E-state index contributed by atoms with van der Waals surface area (Å²) in [4.78, 5) is 12.2. The van der Waals surface area contributed by atoms with Crippen molar-refractivity contribution < 1.29 is 13.2 Å². The first-order valence-corrected chi connectivity index (χ1v) is 16.1. The number of hydrogen-bond acceptors (Lipinski definition) is 8. The summed E-state index contributed by atoms with van der Waals surface area (Å²) in [6, 6.07) is 10.7. The Kier molecular flexibility index (Phi) is 7.06. The van der Waals surface area contributed by atoms with Gasteiger partial charge in [-0.15, -0.1) is 11.3 Å². The van der Waals surface area contributed by atoms with Crippen LogP contribution in [0.4, 0.5) is 24.9 Å². The van der Waals surface area contributed by atoms with E-state index in [0.717, 1.165) is 61.6 Å². The Morgan fingerprint density at radius 3 is 2.50 bits per heavy atom. The number of hydrogen-bond donors (Lipinski definition) is 3. The number of rotatable bonds is 9. The second kappa shape index (κ2) is 10.6. The SMILES string of the molecule is CNc1nc(NC2CCN(Cc3ccc4c(cc(C#N)n4CC45CC(NC)(C4)C5)c3C)CC2)c2cc(CC(F)(F)F)sc2n1. The van der Waals surface area contributed by atoms with E-state index in [4.69, 9.17) is 0 Å². The van der Waals surface area contributed by atoms with Crippen molar-refractivity contribution in [2.24, 2.45) is 5.41 Å². The molecular weight excluding hydrogens is 585 g/mol. The Labute approximate surface area is 258 Å². The molecule has 3 aromatic heterocycles. The summed E-state index contributed by atoms with van der Waals surface area (Å²) in [5, 5.41) is 21.7. The number of halogens is 3. The molecular formula is C32H37F3N8S. The van der Waals surface area contributed by atoms with Crippen LogP contribution in [-0.4, -0.2) is 64.4 Å². The maximum atomic E-state index is 13.0. The van der Waals surface area contributed by atoms with Crippen LogP contribution >= 0.6 is 11.3 Å². The van der Waals surface area contributed by atoms with Gasteiger partial charge in [0.2, 0.25) is 5.95 Å². The lowest BCUT2D eigenvalue weighted by Crippen LogP contribution is -2.74. The second-order valence-corrected chi connectivity index (χ2v) is 14.2. The first kappa shape index (κ1) is 29.3. The van der Waals surface area contributed by atoms with Crippen molar-refractivity contribution in [2.75, 3.05) is 37.8 Å². The molecule has 0 unspecified atom stereocenters. The molecule has 3 N–H and O–H groups in total. The van der Waals surface area contributed by atoms with Crippen LogP contribution in [0.2, 0.25) is 0 Å². The number of aromatic nitrogens is 3. The fourth-order valence-electron chi connectivity index (χ4n) is 7.87. The van der Waals surface area contributed by atoms with Crippen LogP contribution in [0.15, 0.2) is 24.3 Å². The molecule has 0 radical (unpaired) electrons. The van der Waals surface area contributed by atoms with Gasteiger partial charge in [0.15, 0.2) is 0 Å². The highest BCUT2D eigenvalue weighted by molar-refractivity contribution is 7.18. The Balaban J connectivity index is 1.02. The highest BCUT2D eigenvalue weighted by Gasteiger charge is 2.67. The van der Waals surface area contributed by atoms with Crippen LogP contribution in [-0.2, 0) is 19.5 Å². The van der Waals surface area contributed by atoms with E-state index in [1.54, 1.807) is 13.1 Å². The van der Waals surface area contributed by atoms with Gasteiger partial charge >= 0.3 is 6.18 Å². The quantitative estimate of drug-likeness (QED) is 0.205. The molecule has 44 heavy (non-hydrogen) atoms. The average Bonchev–Trinajstić information content (AvgIpc) is 3.52. The Hall–Kier alpha value is -3.40. The minimum atomic E-state index is -4.27. The second-order valence-electron chi connectivity index (χ2n) is 13.1. The third-order valence-corrected chi connectivity index (χ3v) is 11.1. The maximum Gasteiger partial charge on any atom is 0.393 e. The van der Waals surface area contributed by atoms with Crippen LogP contribution < -0.4 is 16.0 Å². The molecule has 12 heteroatoms. The summed E-state index contributed by atoms with van der Waals surface area (Å²) in [7, 11) is 3.76. The number of nitrogens with zero attached hydrogens (tertiary/aromatic N) is 5. The number of likely N-dealkylation sites (tertiary alicyclic amines) is 1. The lowest BCUT2D eigenvalue weighted by atomic mass is 9.39. The van der Waals surface area contributed by atoms with Crippen molar-refractivity contribution in [2.45, 2.75) is 76.3 Å². The van der Waals surface area contributed by atoms with Crippen molar-refractivity contribution in [3.05, 3.63) is 46.0 Å². The van der Waals surface area contributed by atoms with E-state index in [1.165, 1.54) is 35.8 Å². The zero-order valence-electron chi connectivity index (χ0n) is 25.2. The van der Waals surface area contributed by atoms with Crippen LogP contribution in [0, 0.1) is 23.7 Å². The number of fused-ring (bicyclic) bond motifs is 2. The van der Waals surface area contributed by atoms with E-state index in [9.17, 15) is 18.4 Å². The first-order chi connectivity index (χ1) is 21.0. The average molecular weight is 623 g/mol. The maximum absolute atomic E-state index is 13.0. The Morgan fingerprint density at radius 2 is 1.84 bits per heavy atom. The monoisotopic (exact) mass is 622 g/mol. The molecule has 8 rings (SSSR count). The molecule has 0 amide bonds. The van der Waals surface area contributed by atoms with Gasteiger partial charge in [-0.1, -0.05) is 6.07 Å². The first-order valence-electron chi connectivity index (χ1n) is 15.3. The summed E-state index contributed by atoms with van der Waals surface area (Å²) in [5.41, 5.74) is 5.06. The number of thiophene rings is 1. The zero-order valence-corrected chi connectivity index (χ0v) is 26.1. The molecule has 4 aliphatic rings. The molecule has 1 aliphatic heterocycles. The van der Waals surface area contributed by atoms with Crippen LogP contribution in [0.1, 0.15) is 53.8 Å². The zero-order chi connectivity index (χ0) is 30.9. The van der Waals surface area contributed by atoms with E-state index in [2.05, 4.69) is 73.6 Å². The molecule has 4 heterocycles. The third-order valence-electron chi connectivity index (χ3n) is 10.1. The molecule has 4 aromatic rings.